The highest BCUT2D eigenvalue weighted by Gasteiger charge is 2.06. The second-order valence-corrected chi connectivity index (χ2v) is 1.91. The third kappa shape index (κ3) is 1.20. The average Bonchev–Trinajstić information content (AvgIpc) is 1.77. The van der Waals surface area contributed by atoms with E-state index in [1.54, 1.807) is 0 Å². The number of aliphatic imine (C=N–C) groups is 1. The average molecular weight is 133 g/mol. The third-order valence-corrected chi connectivity index (χ3v) is 1.08. The summed E-state index contributed by atoms with van der Waals surface area (Å²) in [6.07, 6.45) is 0. The van der Waals surface area contributed by atoms with Crippen molar-refractivity contribution in [3.63, 3.8) is 0 Å². The van der Waals surface area contributed by atoms with Crippen LogP contribution in [0.3, 0.4) is 0 Å². The van der Waals surface area contributed by atoms with Crippen LogP contribution in [0.15, 0.2) is 4.99 Å². The molecule has 0 saturated heterocycles. The van der Waals surface area contributed by atoms with Gasteiger partial charge >= 0.3 is 0 Å². The molecule has 0 aliphatic carbocycles. The van der Waals surface area contributed by atoms with Gasteiger partial charge in [-0.15, -0.1) is 0 Å². The summed E-state index contributed by atoms with van der Waals surface area (Å²) >= 11 is 5.42. The lowest BCUT2D eigenvalue weighted by Gasteiger charge is -2.06. The van der Waals surface area contributed by atoms with Crippen molar-refractivity contribution in [1.82, 2.24) is 5.32 Å². The summed E-state index contributed by atoms with van der Waals surface area (Å²) in [6.45, 7) is 0.569. The molecule has 0 spiro atoms. The van der Waals surface area contributed by atoms with E-state index in [-0.39, 0.29) is 12.5 Å². The van der Waals surface area contributed by atoms with Crippen molar-refractivity contribution >= 4 is 22.7 Å². The van der Waals surface area contributed by atoms with E-state index < -0.39 is 0 Å². The summed E-state index contributed by atoms with van der Waals surface area (Å²) in [5.41, 5.74) is 0. The lowest BCUT2D eigenvalue weighted by Crippen LogP contribution is -2.34. The number of halogens is 1. The molecule has 0 unspecified atom stereocenters. The van der Waals surface area contributed by atoms with Gasteiger partial charge in [-0.2, -0.15) is 0 Å². The van der Waals surface area contributed by atoms with Gasteiger partial charge in [0.2, 0.25) is 5.91 Å². The molecule has 0 bridgehead atoms. The van der Waals surface area contributed by atoms with Crippen molar-refractivity contribution < 1.29 is 4.79 Å². The van der Waals surface area contributed by atoms with Gasteiger partial charge in [-0.3, -0.25) is 9.79 Å². The molecule has 8 heavy (non-hydrogen) atoms. The van der Waals surface area contributed by atoms with Gasteiger partial charge in [0.15, 0.2) is 0 Å². The number of carbonyl (C=O) groups excluding carboxylic acids is 1. The molecule has 0 aromatic heterocycles. The fraction of sp³-hybridized carbons (Fsp3) is 0.500. The van der Waals surface area contributed by atoms with Crippen LogP contribution in [0.25, 0.3) is 0 Å². The Kier molecular flexibility index (Phi) is 1.48. The molecule has 0 fully saturated rings. The van der Waals surface area contributed by atoms with Crippen LogP contribution in [0.5, 0.6) is 0 Å². The zero-order chi connectivity index (χ0) is 5.98. The highest BCUT2D eigenvalue weighted by Crippen LogP contribution is 1.89. The summed E-state index contributed by atoms with van der Waals surface area (Å²) in [5, 5.41) is 3.01. The minimum atomic E-state index is -0.0607. The van der Waals surface area contributed by atoms with Crippen molar-refractivity contribution in [3.8, 4) is 0 Å². The molecule has 1 heterocycles. The highest BCUT2D eigenvalue weighted by atomic mass is 35.5. The van der Waals surface area contributed by atoms with E-state index in [9.17, 15) is 4.79 Å². The van der Waals surface area contributed by atoms with Crippen LogP contribution in [-0.2, 0) is 4.79 Å². The van der Waals surface area contributed by atoms with Crippen LogP contribution in [0, 0.1) is 0 Å². The quantitative estimate of drug-likeness (QED) is 0.486. The molecule has 0 atom stereocenters. The second-order valence-electron chi connectivity index (χ2n) is 1.47. The molecule has 3 nitrogen and oxygen atoms in total. The lowest BCUT2D eigenvalue weighted by molar-refractivity contribution is -0.119. The van der Waals surface area contributed by atoms with Crippen molar-refractivity contribution in [2.24, 2.45) is 4.99 Å². The van der Waals surface area contributed by atoms with Gasteiger partial charge < -0.3 is 5.32 Å². The van der Waals surface area contributed by atoms with Crippen LogP contribution in [0.1, 0.15) is 0 Å². The summed E-state index contributed by atoms with van der Waals surface area (Å²) < 4.78 is 0. The predicted molar refractivity (Wildman–Crippen MR) is 31.2 cm³/mol. The molecule has 1 aliphatic heterocycles. The Labute approximate surface area is 51.7 Å². The minimum absolute atomic E-state index is 0.0607. The Morgan fingerprint density at radius 2 is 2.50 bits per heavy atom. The first-order valence-electron chi connectivity index (χ1n) is 2.24. The fourth-order valence-corrected chi connectivity index (χ4v) is 0.567. The van der Waals surface area contributed by atoms with Crippen LogP contribution >= 0.6 is 11.6 Å². The first-order valence-corrected chi connectivity index (χ1v) is 2.62. The topological polar surface area (TPSA) is 41.5 Å². The van der Waals surface area contributed by atoms with E-state index in [4.69, 9.17) is 11.6 Å². The molecule has 0 aromatic carbocycles. The Morgan fingerprint density at radius 1 is 1.75 bits per heavy atom. The Bertz CT molecular complexity index is 143. The predicted octanol–water partition coefficient (Wildman–Crippen LogP) is -0.246. The first kappa shape index (κ1) is 5.56. The summed E-state index contributed by atoms with van der Waals surface area (Å²) in [4.78, 5) is 14.0. The van der Waals surface area contributed by atoms with E-state index in [1.165, 1.54) is 0 Å². The van der Waals surface area contributed by atoms with E-state index >= 15 is 0 Å². The molecule has 4 heteroatoms. The van der Waals surface area contributed by atoms with Gasteiger partial charge in [0.05, 0.1) is 6.54 Å². The smallest absolute Gasteiger partial charge is 0.242 e. The number of carbonyl (C=O) groups is 1. The fourth-order valence-electron chi connectivity index (χ4n) is 0.441. The molecule has 1 amide bonds. The standard InChI is InChI=1S/C4H5ClN2O/c5-3-1-7-4(8)2-6-3/h1-2H2,(H,7,8). The molecule has 0 aromatic rings. The van der Waals surface area contributed by atoms with Crippen molar-refractivity contribution in [3.05, 3.63) is 0 Å². The van der Waals surface area contributed by atoms with Gasteiger partial charge in [-0.1, -0.05) is 11.6 Å². The van der Waals surface area contributed by atoms with Gasteiger partial charge in [0.25, 0.3) is 0 Å². The van der Waals surface area contributed by atoms with Gasteiger partial charge in [0.1, 0.15) is 11.7 Å². The molecular formula is C4H5ClN2O. The molecule has 0 radical (unpaired) electrons. The highest BCUT2D eigenvalue weighted by molar-refractivity contribution is 6.66. The monoisotopic (exact) mass is 132 g/mol. The molecule has 1 aliphatic rings. The van der Waals surface area contributed by atoms with E-state index in [1.807, 2.05) is 0 Å². The van der Waals surface area contributed by atoms with E-state index in [2.05, 4.69) is 10.3 Å². The summed E-state index contributed by atoms with van der Waals surface area (Å²) in [7, 11) is 0. The van der Waals surface area contributed by atoms with E-state index in [0.717, 1.165) is 0 Å². The SMILES string of the molecule is O=C1CN=C(Cl)CN1. The van der Waals surface area contributed by atoms with Crippen molar-refractivity contribution in [2.45, 2.75) is 0 Å². The van der Waals surface area contributed by atoms with Crippen molar-refractivity contribution in [1.29, 1.82) is 0 Å². The summed E-state index contributed by atoms with van der Waals surface area (Å²) in [5.74, 6) is -0.0607. The lowest BCUT2D eigenvalue weighted by atomic mass is 10.5. The maximum absolute atomic E-state index is 10.3. The number of nitrogens with zero attached hydrogens (tertiary/aromatic N) is 1. The third-order valence-electron chi connectivity index (χ3n) is 0.826. The second kappa shape index (κ2) is 2.13. The summed E-state index contributed by atoms with van der Waals surface area (Å²) in [6, 6.07) is 0. The number of amides is 1. The van der Waals surface area contributed by atoms with Crippen LogP contribution < -0.4 is 5.32 Å². The number of rotatable bonds is 0. The molecule has 1 rings (SSSR count). The zero-order valence-electron chi connectivity index (χ0n) is 4.15. The zero-order valence-corrected chi connectivity index (χ0v) is 4.90. The van der Waals surface area contributed by atoms with Gasteiger partial charge in [-0.25, -0.2) is 0 Å². The Balaban J connectivity index is 2.55. The molecule has 44 valence electrons. The van der Waals surface area contributed by atoms with Gasteiger partial charge in [-0.05, 0) is 0 Å². The Morgan fingerprint density at radius 3 is 2.88 bits per heavy atom. The maximum atomic E-state index is 10.3. The van der Waals surface area contributed by atoms with Crippen LogP contribution in [-0.4, -0.2) is 24.2 Å². The Hall–Kier alpha value is -0.570. The first-order chi connectivity index (χ1) is 3.79. The molecule has 1 N–H and O–H groups in total. The normalized spacial score (nSPS) is 19.6. The van der Waals surface area contributed by atoms with Crippen LogP contribution in [0.2, 0.25) is 0 Å². The van der Waals surface area contributed by atoms with E-state index in [0.29, 0.717) is 11.7 Å². The maximum Gasteiger partial charge on any atom is 0.242 e. The molecular weight excluding hydrogens is 128 g/mol. The number of hydrogen-bond acceptors (Lipinski definition) is 2. The molecule has 0 saturated carbocycles. The van der Waals surface area contributed by atoms with Crippen LogP contribution in [0.4, 0.5) is 0 Å². The van der Waals surface area contributed by atoms with Gasteiger partial charge in [0, 0.05) is 0 Å². The number of hydrogen-bond donors (Lipinski definition) is 1. The number of nitrogens with one attached hydrogen (secondary N) is 1. The minimum Gasteiger partial charge on any atom is -0.348 e. The van der Waals surface area contributed by atoms with Crippen molar-refractivity contribution in [2.75, 3.05) is 13.1 Å². The largest absolute Gasteiger partial charge is 0.348 e.